The zero-order chi connectivity index (χ0) is 30.4. The highest BCUT2D eigenvalue weighted by Gasteiger charge is 2.37. The first-order chi connectivity index (χ1) is 20.0. The molecule has 1 fully saturated rings. The van der Waals surface area contributed by atoms with E-state index >= 15 is 0 Å². The van der Waals surface area contributed by atoms with E-state index in [0.29, 0.717) is 23.3 Å². The lowest BCUT2D eigenvalue weighted by atomic mass is 9.76. The number of aryl methyl sites for hydroxylation is 1. The van der Waals surface area contributed by atoms with Crippen LogP contribution in [0.4, 0.5) is 0 Å². The number of thiazole rings is 1. The van der Waals surface area contributed by atoms with Crippen LogP contribution in [0, 0.1) is 12.3 Å². The molecule has 42 heavy (non-hydrogen) atoms. The second-order valence-electron chi connectivity index (χ2n) is 10.3. The van der Waals surface area contributed by atoms with E-state index in [1.54, 1.807) is 17.4 Å². The Bertz CT molecular complexity index is 1540. The zero-order valence-corrected chi connectivity index (χ0v) is 24.7. The van der Waals surface area contributed by atoms with E-state index < -0.39 is 17.4 Å². The molecule has 10 nitrogen and oxygen atoms in total. The highest BCUT2D eigenvalue weighted by molar-refractivity contribution is 7.14. The molecule has 2 N–H and O–H groups in total. The van der Waals surface area contributed by atoms with Crippen molar-refractivity contribution in [2.75, 3.05) is 20.8 Å². The maximum absolute atomic E-state index is 11.7. The monoisotopic (exact) mass is 591 g/mol. The van der Waals surface area contributed by atoms with Gasteiger partial charge < -0.3 is 24.6 Å². The van der Waals surface area contributed by atoms with Crippen molar-refractivity contribution in [1.29, 1.82) is 0 Å². The molecular weight excluding hydrogens is 558 g/mol. The van der Waals surface area contributed by atoms with Crippen LogP contribution in [0.1, 0.15) is 42.2 Å². The third-order valence-electron chi connectivity index (χ3n) is 7.04. The predicted octanol–water partition coefficient (Wildman–Crippen LogP) is 5.23. The van der Waals surface area contributed by atoms with E-state index in [4.69, 9.17) is 9.47 Å². The number of pyridine rings is 1. The van der Waals surface area contributed by atoms with E-state index in [0.717, 1.165) is 30.1 Å². The number of ether oxygens (including phenoxy) is 2. The van der Waals surface area contributed by atoms with Gasteiger partial charge in [0.15, 0.2) is 0 Å². The Morgan fingerprint density at radius 2 is 1.93 bits per heavy atom. The Labute approximate surface area is 248 Å². The molecule has 1 atom stereocenters. The second-order valence-corrected chi connectivity index (χ2v) is 11.5. The highest BCUT2D eigenvalue weighted by Crippen LogP contribution is 2.42. The summed E-state index contributed by atoms with van der Waals surface area (Å²) >= 11 is 1.70. The van der Waals surface area contributed by atoms with Crippen molar-refractivity contribution < 1.29 is 34.1 Å². The minimum absolute atomic E-state index is 0.000333. The Hall–Kier alpha value is -4.51. The van der Waals surface area contributed by atoms with Crippen molar-refractivity contribution >= 4 is 34.8 Å². The minimum atomic E-state index is -1.34. The van der Waals surface area contributed by atoms with Gasteiger partial charge in [-0.15, -0.1) is 11.3 Å². The van der Waals surface area contributed by atoms with E-state index in [2.05, 4.69) is 35.1 Å². The van der Waals surface area contributed by atoms with Gasteiger partial charge in [0.2, 0.25) is 11.8 Å². The van der Waals surface area contributed by atoms with Crippen molar-refractivity contribution in [2.45, 2.75) is 39.7 Å². The van der Waals surface area contributed by atoms with Crippen LogP contribution in [0.25, 0.3) is 16.1 Å². The number of aromatic nitrogens is 2. The molecule has 0 saturated carbocycles. The number of carboxylic acid groups (broad SMARTS) is 2. The van der Waals surface area contributed by atoms with Gasteiger partial charge in [-0.25, -0.2) is 14.8 Å². The Morgan fingerprint density at radius 3 is 2.52 bits per heavy atom. The smallest absolute Gasteiger partial charge is 0.331 e. The van der Waals surface area contributed by atoms with Crippen molar-refractivity contribution in [1.82, 2.24) is 14.9 Å². The average molecular weight is 592 g/mol. The largest absolute Gasteiger partial charge is 0.496 e. The van der Waals surface area contributed by atoms with Crippen LogP contribution < -0.4 is 9.47 Å². The number of nitrogens with zero attached hydrogens (tertiary/aromatic N) is 3. The summed E-state index contributed by atoms with van der Waals surface area (Å²) in [6, 6.07) is 9.94. The van der Waals surface area contributed by atoms with Crippen LogP contribution in [0.5, 0.6) is 11.6 Å². The van der Waals surface area contributed by atoms with E-state index in [1.807, 2.05) is 17.2 Å². The molecule has 5 rings (SSSR count). The van der Waals surface area contributed by atoms with Crippen LogP contribution >= 0.6 is 11.3 Å². The Morgan fingerprint density at radius 1 is 1.14 bits per heavy atom. The number of rotatable bonds is 8. The van der Waals surface area contributed by atoms with Crippen LogP contribution in [0.15, 0.2) is 60.5 Å². The third kappa shape index (κ3) is 6.85. The number of benzene rings is 1. The molecule has 1 aromatic carbocycles. The Balaban J connectivity index is 0.000000196. The molecular formula is C31H33N3O7S. The van der Waals surface area contributed by atoms with Gasteiger partial charge >= 0.3 is 11.9 Å². The summed E-state index contributed by atoms with van der Waals surface area (Å²) in [6.45, 7) is 5.14. The van der Waals surface area contributed by atoms with Gasteiger partial charge in [0.25, 0.3) is 0 Å². The van der Waals surface area contributed by atoms with Crippen LogP contribution in [0.2, 0.25) is 0 Å². The molecule has 220 valence electrons. The number of carbonyl (C=O) groups is 3. The lowest BCUT2D eigenvalue weighted by Gasteiger charge is -2.27. The molecule has 2 aromatic heterocycles. The lowest BCUT2D eigenvalue weighted by Crippen LogP contribution is -2.29. The molecule has 1 saturated heterocycles. The molecule has 1 unspecified atom stereocenters. The van der Waals surface area contributed by atoms with Crippen molar-refractivity contribution in [3.63, 3.8) is 0 Å². The van der Waals surface area contributed by atoms with Crippen LogP contribution in [-0.2, 0) is 20.9 Å². The number of carboxylic acids is 2. The van der Waals surface area contributed by atoms with Gasteiger partial charge in [0, 0.05) is 47.9 Å². The van der Waals surface area contributed by atoms with Crippen LogP contribution in [-0.4, -0.2) is 63.7 Å². The highest BCUT2D eigenvalue weighted by atomic mass is 32.1. The molecule has 3 aromatic rings. The number of carbonyl (C=O) groups excluding carboxylic acids is 1. The maximum atomic E-state index is 11.7. The van der Waals surface area contributed by atoms with E-state index in [-0.39, 0.29) is 23.8 Å². The topological polar surface area (TPSA) is 139 Å². The summed E-state index contributed by atoms with van der Waals surface area (Å²) in [5, 5.41) is 19.8. The fourth-order valence-electron chi connectivity index (χ4n) is 4.89. The SMILES string of the molecule is COc1ccnc(OC)c1C1=CC(C)(C(=O)O)CC(C(=O)O)=C1.Cc1cnc(-c2cccc(CN3CCCC3=O)c2)s1. The molecule has 1 aliphatic carbocycles. The summed E-state index contributed by atoms with van der Waals surface area (Å²) in [6.07, 6.45) is 7.90. The van der Waals surface area contributed by atoms with E-state index in [9.17, 15) is 24.6 Å². The molecule has 3 heterocycles. The fraction of sp³-hybridized carbons (Fsp3) is 0.323. The van der Waals surface area contributed by atoms with Gasteiger partial charge in [-0.1, -0.05) is 24.3 Å². The predicted molar refractivity (Wildman–Crippen MR) is 158 cm³/mol. The number of amides is 1. The summed E-state index contributed by atoms with van der Waals surface area (Å²) in [5.41, 5.74) is 1.79. The Kier molecular flexibility index (Phi) is 9.41. The van der Waals surface area contributed by atoms with Crippen molar-refractivity contribution in [2.24, 2.45) is 5.41 Å². The summed E-state index contributed by atoms with van der Waals surface area (Å²) < 4.78 is 10.5. The van der Waals surface area contributed by atoms with Gasteiger partial charge in [-0.2, -0.15) is 0 Å². The summed E-state index contributed by atoms with van der Waals surface area (Å²) in [7, 11) is 2.88. The first kappa shape index (κ1) is 30.4. The van der Waals surface area contributed by atoms with Gasteiger partial charge in [0.1, 0.15) is 10.8 Å². The first-order valence-corrected chi connectivity index (χ1v) is 14.1. The fourth-order valence-corrected chi connectivity index (χ4v) is 5.65. The third-order valence-corrected chi connectivity index (χ3v) is 8.01. The molecule has 1 amide bonds. The van der Waals surface area contributed by atoms with Crippen molar-refractivity contribution in [3.8, 4) is 22.2 Å². The standard InChI is InChI=1S/C16H17NO6.C15H16N2OS/c1-16(15(20)21)7-9(6-10(8-16)14(18)19)12-11(22-2)4-5-17-13(12)23-3;1-11-9-16-15(19-11)13-5-2-4-12(8-13)10-17-7-3-6-14(17)18/h4-7H,8H2,1-3H3,(H,18,19)(H,20,21);2,4-5,8-9H,3,6-7,10H2,1H3. The van der Waals surface area contributed by atoms with Crippen LogP contribution in [0.3, 0.4) is 0 Å². The molecule has 0 spiro atoms. The van der Waals surface area contributed by atoms with E-state index in [1.165, 1.54) is 49.9 Å². The van der Waals surface area contributed by atoms with Gasteiger partial charge in [0.05, 0.1) is 25.2 Å². The van der Waals surface area contributed by atoms with Crippen molar-refractivity contribution in [3.05, 3.63) is 76.5 Å². The normalized spacial score (nSPS) is 18.0. The number of allylic oxidation sites excluding steroid dienone is 2. The molecule has 2 aliphatic rings. The molecule has 11 heteroatoms. The number of aliphatic carboxylic acids is 2. The number of likely N-dealkylation sites (tertiary alicyclic amines) is 1. The molecule has 0 radical (unpaired) electrons. The summed E-state index contributed by atoms with van der Waals surface area (Å²) in [5.74, 6) is -1.35. The number of hydrogen-bond acceptors (Lipinski definition) is 8. The molecule has 1 aliphatic heterocycles. The van der Waals surface area contributed by atoms with Gasteiger partial charge in [-0.05, 0) is 56.0 Å². The molecule has 0 bridgehead atoms. The summed E-state index contributed by atoms with van der Waals surface area (Å²) in [4.78, 5) is 46.3. The first-order valence-electron chi connectivity index (χ1n) is 13.3. The minimum Gasteiger partial charge on any atom is -0.496 e. The zero-order valence-electron chi connectivity index (χ0n) is 23.9. The lowest BCUT2D eigenvalue weighted by molar-refractivity contribution is -0.145. The number of hydrogen-bond donors (Lipinski definition) is 2. The quantitative estimate of drug-likeness (QED) is 0.360. The maximum Gasteiger partial charge on any atom is 0.331 e. The second kappa shape index (κ2) is 13.0. The number of methoxy groups -OCH3 is 2. The van der Waals surface area contributed by atoms with Gasteiger partial charge in [-0.3, -0.25) is 9.59 Å². The average Bonchev–Trinajstić information content (AvgIpc) is 3.60.